The van der Waals surface area contributed by atoms with Crippen molar-refractivity contribution in [3.8, 4) is 11.5 Å². The summed E-state index contributed by atoms with van der Waals surface area (Å²) in [5, 5.41) is 6.38. The van der Waals surface area contributed by atoms with Crippen molar-refractivity contribution in [1.29, 1.82) is 0 Å². The van der Waals surface area contributed by atoms with Crippen molar-refractivity contribution in [3.63, 3.8) is 0 Å². The maximum atomic E-state index is 12.7. The highest BCUT2D eigenvalue weighted by Gasteiger charge is 2.15. The molecule has 3 aromatic carbocycles. The van der Waals surface area contributed by atoms with Crippen molar-refractivity contribution in [3.05, 3.63) is 101 Å². The van der Waals surface area contributed by atoms with Crippen LogP contribution in [0.4, 0.5) is 22.7 Å². The number of carbonyl (C=O) groups excluding carboxylic acids is 1. The van der Waals surface area contributed by atoms with E-state index < -0.39 is 0 Å². The van der Waals surface area contributed by atoms with Crippen LogP contribution in [-0.4, -0.2) is 24.1 Å². The molecule has 0 aliphatic heterocycles. The second-order valence-corrected chi connectivity index (χ2v) is 10.3. The van der Waals surface area contributed by atoms with Crippen LogP contribution in [0.25, 0.3) is 0 Å². The third kappa shape index (κ3) is 6.83. The number of pyridine rings is 1. The number of carbonyl (C=O) groups is 1. The number of anilines is 4. The first-order valence-electron chi connectivity index (χ1n) is 12.4. The number of ether oxygens (including phenoxy) is 1. The quantitative estimate of drug-likeness (QED) is 0.142. The number of nitrogens with two attached hydrogens (primary N) is 1. The highest BCUT2D eigenvalue weighted by Crippen LogP contribution is 2.31. The molecule has 7 nitrogen and oxygen atoms in total. The average molecular weight is 575 g/mol. The van der Waals surface area contributed by atoms with Gasteiger partial charge in [-0.15, -0.1) is 0 Å². The highest BCUT2D eigenvalue weighted by molar-refractivity contribution is 9.10. The van der Waals surface area contributed by atoms with Gasteiger partial charge in [0.15, 0.2) is 0 Å². The zero-order chi connectivity index (χ0) is 27.2. The maximum Gasteiger partial charge on any atom is 0.274 e. The van der Waals surface area contributed by atoms with Gasteiger partial charge >= 0.3 is 0 Å². The lowest BCUT2D eigenvalue weighted by molar-refractivity contribution is 0.102. The molecule has 1 unspecified atom stereocenters. The summed E-state index contributed by atoms with van der Waals surface area (Å²) in [5.74, 6) is 1.19. The van der Waals surface area contributed by atoms with Crippen LogP contribution >= 0.6 is 15.9 Å². The summed E-state index contributed by atoms with van der Waals surface area (Å²) >= 11 is 3.39. The molecule has 0 aliphatic rings. The molecular weight excluding hydrogens is 542 g/mol. The molecular formula is C30H32BrN5O2. The number of amides is 1. The van der Waals surface area contributed by atoms with Crippen LogP contribution in [0.15, 0.2) is 89.5 Å². The van der Waals surface area contributed by atoms with Crippen LogP contribution in [-0.2, 0) is 0 Å². The monoisotopic (exact) mass is 573 g/mol. The topological polar surface area (TPSA) is 92.5 Å². The van der Waals surface area contributed by atoms with Crippen molar-refractivity contribution in [2.75, 3.05) is 28.3 Å². The van der Waals surface area contributed by atoms with Gasteiger partial charge in [0.1, 0.15) is 17.2 Å². The van der Waals surface area contributed by atoms with E-state index in [-0.39, 0.29) is 17.8 Å². The third-order valence-corrected chi connectivity index (χ3v) is 6.72. The van der Waals surface area contributed by atoms with E-state index in [1.165, 1.54) is 5.56 Å². The summed E-state index contributed by atoms with van der Waals surface area (Å²) in [6.45, 7) is 6.46. The van der Waals surface area contributed by atoms with Gasteiger partial charge in [-0.3, -0.25) is 9.78 Å². The van der Waals surface area contributed by atoms with E-state index in [9.17, 15) is 4.79 Å². The van der Waals surface area contributed by atoms with Gasteiger partial charge in [0.05, 0.1) is 17.5 Å². The molecule has 0 saturated carbocycles. The Morgan fingerprint density at radius 3 is 2.39 bits per heavy atom. The van der Waals surface area contributed by atoms with E-state index in [0.717, 1.165) is 15.8 Å². The highest BCUT2D eigenvalue weighted by atomic mass is 79.9. The molecule has 4 rings (SSSR count). The van der Waals surface area contributed by atoms with Crippen molar-refractivity contribution < 1.29 is 9.53 Å². The summed E-state index contributed by atoms with van der Waals surface area (Å²) < 4.78 is 6.94. The Labute approximate surface area is 232 Å². The smallest absolute Gasteiger partial charge is 0.274 e. The zero-order valence-corrected chi connectivity index (χ0v) is 23.5. The average Bonchev–Trinajstić information content (AvgIpc) is 2.90. The standard InChI is InChI=1S/C30H32BrN5O2/c1-19(2)21-6-5-7-24(16-21)34-20(3)36(4)29-13-12-25(17-27(29)32)38-26-14-15-33-28(18-26)30(37)35-23-10-8-22(31)9-11-23/h5-20,34H,32H2,1-4H3,(H,35,37). The Kier molecular flexibility index (Phi) is 8.53. The molecule has 38 heavy (non-hydrogen) atoms. The maximum absolute atomic E-state index is 12.7. The molecule has 1 heterocycles. The number of benzene rings is 3. The van der Waals surface area contributed by atoms with Gasteiger partial charge in [0.2, 0.25) is 0 Å². The van der Waals surface area contributed by atoms with E-state index in [2.05, 4.69) is 81.5 Å². The van der Waals surface area contributed by atoms with Gasteiger partial charge < -0.3 is 26.0 Å². The molecule has 4 aromatic rings. The van der Waals surface area contributed by atoms with Crippen molar-refractivity contribution in [2.24, 2.45) is 0 Å². The largest absolute Gasteiger partial charge is 0.457 e. The number of halogens is 1. The van der Waals surface area contributed by atoms with E-state index in [1.807, 2.05) is 43.4 Å². The van der Waals surface area contributed by atoms with Gasteiger partial charge in [0, 0.05) is 41.2 Å². The second-order valence-electron chi connectivity index (χ2n) is 9.37. The molecule has 0 radical (unpaired) electrons. The van der Waals surface area contributed by atoms with Gasteiger partial charge in [-0.2, -0.15) is 0 Å². The normalized spacial score (nSPS) is 11.6. The minimum Gasteiger partial charge on any atom is -0.457 e. The summed E-state index contributed by atoms with van der Waals surface area (Å²) in [6, 6.07) is 24.6. The van der Waals surface area contributed by atoms with Gasteiger partial charge in [-0.1, -0.05) is 41.9 Å². The van der Waals surface area contributed by atoms with E-state index in [4.69, 9.17) is 10.5 Å². The molecule has 196 valence electrons. The lowest BCUT2D eigenvalue weighted by Gasteiger charge is -2.30. The van der Waals surface area contributed by atoms with Crippen LogP contribution in [0.3, 0.4) is 0 Å². The van der Waals surface area contributed by atoms with E-state index in [0.29, 0.717) is 28.8 Å². The first-order chi connectivity index (χ1) is 18.2. The first kappa shape index (κ1) is 27.0. The van der Waals surface area contributed by atoms with Gasteiger partial charge in [-0.05, 0) is 73.0 Å². The van der Waals surface area contributed by atoms with Crippen molar-refractivity contribution in [2.45, 2.75) is 32.9 Å². The molecule has 0 fully saturated rings. The number of hydrogen-bond donors (Lipinski definition) is 3. The Bertz CT molecular complexity index is 1410. The van der Waals surface area contributed by atoms with Crippen LogP contribution in [0.5, 0.6) is 11.5 Å². The molecule has 8 heteroatoms. The Morgan fingerprint density at radius 1 is 0.947 bits per heavy atom. The summed E-state index contributed by atoms with van der Waals surface area (Å²) in [6.07, 6.45) is 1.54. The lowest BCUT2D eigenvalue weighted by atomic mass is 10.0. The first-order valence-corrected chi connectivity index (χ1v) is 13.2. The minimum absolute atomic E-state index is 0.00141. The molecule has 0 aliphatic carbocycles. The fraction of sp³-hybridized carbons (Fsp3) is 0.200. The number of rotatable bonds is 9. The van der Waals surface area contributed by atoms with Crippen LogP contribution in [0.1, 0.15) is 42.7 Å². The predicted octanol–water partition coefficient (Wildman–Crippen LogP) is 7.49. The summed E-state index contributed by atoms with van der Waals surface area (Å²) in [4.78, 5) is 18.9. The summed E-state index contributed by atoms with van der Waals surface area (Å²) in [7, 11) is 2.00. The number of nitrogens with one attached hydrogen (secondary N) is 2. The zero-order valence-electron chi connectivity index (χ0n) is 21.9. The van der Waals surface area contributed by atoms with Gasteiger partial charge in [0.25, 0.3) is 5.91 Å². The second kappa shape index (κ2) is 12.0. The molecule has 0 bridgehead atoms. The molecule has 4 N–H and O–H groups in total. The summed E-state index contributed by atoms with van der Waals surface area (Å²) in [5.41, 5.74) is 11.1. The van der Waals surface area contributed by atoms with Crippen LogP contribution < -0.4 is 26.0 Å². The van der Waals surface area contributed by atoms with Gasteiger partial charge in [-0.25, -0.2) is 0 Å². The van der Waals surface area contributed by atoms with E-state index in [1.54, 1.807) is 24.4 Å². The molecule has 1 amide bonds. The lowest BCUT2D eigenvalue weighted by Crippen LogP contribution is -2.35. The van der Waals surface area contributed by atoms with Crippen LogP contribution in [0.2, 0.25) is 0 Å². The van der Waals surface area contributed by atoms with E-state index >= 15 is 0 Å². The number of nitrogen functional groups attached to an aromatic ring is 1. The fourth-order valence-electron chi connectivity index (χ4n) is 3.91. The van der Waals surface area contributed by atoms with Crippen LogP contribution in [0, 0.1) is 0 Å². The van der Waals surface area contributed by atoms with Crippen molar-refractivity contribution >= 4 is 44.6 Å². The Morgan fingerprint density at radius 2 is 1.68 bits per heavy atom. The fourth-order valence-corrected chi connectivity index (χ4v) is 4.18. The molecule has 0 saturated heterocycles. The Balaban J connectivity index is 1.42. The number of aromatic nitrogens is 1. The molecule has 1 aromatic heterocycles. The molecule has 0 spiro atoms. The Hall–Kier alpha value is -4.04. The SMILES string of the molecule is CC(C)c1cccc(NC(C)N(C)c2ccc(Oc3ccnc(C(=O)Nc4ccc(Br)cc4)c3)cc2N)c1. The molecule has 1 atom stereocenters. The van der Waals surface area contributed by atoms with Crippen molar-refractivity contribution in [1.82, 2.24) is 4.98 Å². The number of hydrogen-bond acceptors (Lipinski definition) is 6. The minimum atomic E-state index is -0.324. The third-order valence-electron chi connectivity index (χ3n) is 6.19. The number of nitrogens with zero attached hydrogens (tertiary/aromatic N) is 2. The predicted molar refractivity (Wildman–Crippen MR) is 159 cm³/mol.